The lowest BCUT2D eigenvalue weighted by Gasteiger charge is -2.26. The molecular weight excluding hydrogens is 364 g/mol. The summed E-state index contributed by atoms with van der Waals surface area (Å²) in [7, 11) is 0. The molecule has 2 aromatic carbocycles. The highest BCUT2D eigenvalue weighted by molar-refractivity contribution is 5.85. The number of nitrogens with zero attached hydrogens (tertiary/aromatic N) is 4. The molecule has 0 aliphatic heterocycles. The Bertz CT molecular complexity index is 910. The van der Waals surface area contributed by atoms with Gasteiger partial charge >= 0.3 is 0 Å². The van der Waals surface area contributed by atoms with Crippen molar-refractivity contribution in [1.82, 2.24) is 25.5 Å². The van der Waals surface area contributed by atoms with Gasteiger partial charge in [-0.15, -0.1) is 17.5 Å². The van der Waals surface area contributed by atoms with Gasteiger partial charge in [0.25, 0.3) is 0 Å². The number of benzene rings is 2. The molecule has 8 heteroatoms. The van der Waals surface area contributed by atoms with E-state index in [2.05, 4.69) is 20.8 Å². The van der Waals surface area contributed by atoms with Gasteiger partial charge in [0, 0.05) is 5.69 Å². The van der Waals surface area contributed by atoms with Gasteiger partial charge in [-0.25, -0.2) is 4.68 Å². The third-order valence-corrected chi connectivity index (χ3v) is 4.73. The average molecular weight is 385 g/mol. The van der Waals surface area contributed by atoms with Crippen LogP contribution in [0.1, 0.15) is 35.6 Å². The van der Waals surface area contributed by atoms with Crippen LogP contribution >= 0.6 is 12.4 Å². The fourth-order valence-electron chi connectivity index (χ4n) is 3.46. The zero-order valence-electron chi connectivity index (χ0n) is 14.7. The summed E-state index contributed by atoms with van der Waals surface area (Å²) in [6.07, 6.45) is 4.92. The topological polar surface area (TPSA) is 98.7 Å². The molecule has 1 unspecified atom stereocenters. The van der Waals surface area contributed by atoms with Crippen molar-refractivity contribution >= 4 is 24.0 Å². The van der Waals surface area contributed by atoms with Crippen molar-refractivity contribution in [2.75, 3.05) is 5.73 Å². The molecule has 0 bridgehead atoms. The number of nitrogens with two attached hydrogens (primary N) is 1. The first-order valence-corrected chi connectivity index (χ1v) is 8.69. The largest absolute Gasteiger partial charge is 0.399 e. The van der Waals surface area contributed by atoms with Crippen LogP contribution < -0.4 is 11.1 Å². The Labute approximate surface area is 163 Å². The maximum atomic E-state index is 12.5. The molecule has 1 heterocycles. The number of aromatic nitrogens is 4. The minimum atomic E-state index is 0. The van der Waals surface area contributed by atoms with E-state index in [1.54, 1.807) is 4.68 Å². The maximum Gasteiger partial charge on any atom is 0.224 e. The number of hydrogen-bond acceptors (Lipinski definition) is 5. The number of hydrogen-bond donors (Lipinski definition) is 2. The predicted molar refractivity (Wildman–Crippen MR) is 105 cm³/mol. The second-order valence-corrected chi connectivity index (χ2v) is 6.57. The summed E-state index contributed by atoms with van der Waals surface area (Å²) in [5.41, 5.74) is 10.9. The highest BCUT2D eigenvalue weighted by Crippen LogP contribution is 2.31. The number of carbonyl (C=O) groups excluding carboxylic acids is 1. The zero-order chi connectivity index (χ0) is 17.9. The average Bonchev–Trinajstić information content (AvgIpc) is 3.17. The zero-order valence-corrected chi connectivity index (χ0v) is 15.5. The number of nitrogens with one attached hydrogen (secondary N) is 1. The van der Waals surface area contributed by atoms with Gasteiger partial charge in [0.05, 0.1) is 18.2 Å². The number of anilines is 1. The van der Waals surface area contributed by atoms with Crippen molar-refractivity contribution in [2.45, 2.75) is 31.7 Å². The normalized spacial score (nSPS) is 15.5. The SMILES string of the molecule is Cl.Nc1ccc2c(c1)CCCC2NC(=O)Cc1ccc(-n2cnnn2)cc1. The van der Waals surface area contributed by atoms with Gasteiger partial charge in [-0.1, -0.05) is 18.2 Å². The third-order valence-electron chi connectivity index (χ3n) is 4.73. The summed E-state index contributed by atoms with van der Waals surface area (Å²) in [6.45, 7) is 0. The van der Waals surface area contributed by atoms with Gasteiger partial charge in [0.1, 0.15) is 6.33 Å². The fraction of sp³-hybridized carbons (Fsp3) is 0.263. The van der Waals surface area contributed by atoms with Crippen LogP contribution in [0, 0.1) is 0 Å². The maximum absolute atomic E-state index is 12.5. The molecule has 1 aliphatic carbocycles. The van der Waals surface area contributed by atoms with Crippen LogP contribution in [0.4, 0.5) is 5.69 Å². The smallest absolute Gasteiger partial charge is 0.224 e. The standard InChI is InChI=1S/C19H20N6O.ClH/c20-15-6-9-17-14(11-15)2-1-3-18(17)22-19(26)10-13-4-7-16(8-5-13)25-12-21-23-24-25;/h4-9,11-12,18H,1-3,10,20H2,(H,22,26);1H. The Kier molecular flexibility index (Phi) is 5.71. The molecule has 1 atom stereocenters. The molecule has 3 aromatic rings. The molecular formula is C19H21ClN6O. The number of fused-ring (bicyclic) bond motifs is 1. The molecule has 0 spiro atoms. The lowest BCUT2D eigenvalue weighted by atomic mass is 9.87. The summed E-state index contributed by atoms with van der Waals surface area (Å²) in [5, 5.41) is 14.3. The van der Waals surface area contributed by atoms with E-state index in [9.17, 15) is 4.79 Å². The van der Waals surface area contributed by atoms with Gasteiger partial charge in [0.2, 0.25) is 5.91 Å². The van der Waals surface area contributed by atoms with E-state index in [4.69, 9.17) is 5.73 Å². The predicted octanol–water partition coefficient (Wildman–Crippen LogP) is 2.40. The number of nitrogen functional groups attached to an aromatic ring is 1. The fourth-order valence-corrected chi connectivity index (χ4v) is 3.46. The molecule has 140 valence electrons. The molecule has 1 amide bonds. The van der Waals surface area contributed by atoms with Gasteiger partial charge in [-0.05, 0) is 70.6 Å². The summed E-state index contributed by atoms with van der Waals surface area (Å²) in [4.78, 5) is 12.5. The molecule has 0 radical (unpaired) electrons. The summed E-state index contributed by atoms with van der Waals surface area (Å²) < 4.78 is 1.58. The Morgan fingerprint density at radius 3 is 2.78 bits per heavy atom. The van der Waals surface area contributed by atoms with E-state index in [0.29, 0.717) is 6.42 Å². The van der Waals surface area contributed by atoms with Crippen molar-refractivity contribution in [2.24, 2.45) is 0 Å². The molecule has 3 N–H and O–H groups in total. The van der Waals surface area contributed by atoms with E-state index >= 15 is 0 Å². The van der Waals surface area contributed by atoms with E-state index < -0.39 is 0 Å². The molecule has 0 saturated carbocycles. The first kappa shape index (κ1) is 18.8. The molecule has 1 aliphatic rings. The molecule has 27 heavy (non-hydrogen) atoms. The quantitative estimate of drug-likeness (QED) is 0.673. The van der Waals surface area contributed by atoms with Crippen LogP contribution in [0.2, 0.25) is 0 Å². The number of rotatable bonds is 4. The monoisotopic (exact) mass is 384 g/mol. The van der Waals surface area contributed by atoms with Crippen molar-refractivity contribution < 1.29 is 4.79 Å². The number of amides is 1. The second kappa shape index (κ2) is 8.18. The first-order valence-electron chi connectivity index (χ1n) is 8.69. The number of tetrazole rings is 1. The number of aryl methyl sites for hydroxylation is 1. The highest BCUT2D eigenvalue weighted by atomic mass is 35.5. The number of carbonyl (C=O) groups is 1. The Balaban J connectivity index is 0.00000210. The van der Waals surface area contributed by atoms with E-state index in [0.717, 1.165) is 36.2 Å². The molecule has 7 nitrogen and oxygen atoms in total. The molecule has 1 aromatic heterocycles. The first-order chi connectivity index (χ1) is 12.7. The Morgan fingerprint density at radius 1 is 1.22 bits per heavy atom. The van der Waals surface area contributed by atoms with Gasteiger partial charge < -0.3 is 11.1 Å². The molecule has 4 rings (SSSR count). The lowest BCUT2D eigenvalue weighted by molar-refractivity contribution is -0.121. The Morgan fingerprint density at radius 2 is 2.04 bits per heavy atom. The van der Waals surface area contributed by atoms with E-state index in [1.165, 1.54) is 17.5 Å². The van der Waals surface area contributed by atoms with Crippen LogP contribution in [0.15, 0.2) is 48.8 Å². The van der Waals surface area contributed by atoms with Crippen molar-refractivity contribution in [3.8, 4) is 5.69 Å². The molecule has 0 saturated heterocycles. The van der Waals surface area contributed by atoms with Crippen LogP contribution in [-0.2, 0) is 17.6 Å². The third kappa shape index (κ3) is 4.25. The van der Waals surface area contributed by atoms with Gasteiger partial charge in [-0.3, -0.25) is 4.79 Å². The van der Waals surface area contributed by atoms with Crippen LogP contribution in [0.3, 0.4) is 0 Å². The van der Waals surface area contributed by atoms with Gasteiger partial charge in [0.15, 0.2) is 0 Å². The summed E-state index contributed by atoms with van der Waals surface area (Å²) >= 11 is 0. The van der Waals surface area contributed by atoms with Gasteiger partial charge in [-0.2, -0.15) is 0 Å². The Hall–Kier alpha value is -2.93. The van der Waals surface area contributed by atoms with Crippen LogP contribution in [0.5, 0.6) is 0 Å². The van der Waals surface area contributed by atoms with Crippen molar-refractivity contribution in [3.05, 3.63) is 65.5 Å². The summed E-state index contributed by atoms with van der Waals surface area (Å²) in [6, 6.07) is 13.7. The van der Waals surface area contributed by atoms with Crippen molar-refractivity contribution in [1.29, 1.82) is 0 Å². The summed E-state index contributed by atoms with van der Waals surface area (Å²) in [5.74, 6) is 0.0230. The lowest BCUT2D eigenvalue weighted by Crippen LogP contribution is -2.32. The number of halogens is 1. The highest BCUT2D eigenvalue weighted by Gasteiger charge is 2.21. The van der Waals surface area contributed by atoms with Crippen LogP contribution in [-0.4, -0.2) is 26.1 Å². The van der Waals surface area contributed by atoms with E-state index in [-0.39, 0.29) is 24.4 Å². The minimum Gasteiger partial charge on any atom is -0.399 e. The second-order valence-electron chi connectivity index (χ2n) is 6.57. The van der Waals surface area contributed by atoms with Crippen molar-refractivity contribution in [3.63, 3.8) is 0 Å². The minimum absolute atomic E-state index is 0. The molecule has 0 fully saturated rings. The van der Waals surface area contributed by atoms with Crippen LogP contribution in [0.25, 0.3) is 5.69 Å². The van der Waals surface area contributed by atoms with E-state index in [1.807, 2.05) is 42.5 Å².